The number of aryl methyl sites for hydroxylation is 4. The number of hydrogen-bond acceptors (Lipinski definition) is 20. The predicted octanol–water partition coefficient (Wildman–Crippen LogP) is 21.4. The third kappa shape index (κ3) is 15.4. The fourth-order valence-electron chi connectivity index (χ4n) is 11.6. The van der Waals surface area contributed by atoms with Gasteiger partial charge in [0.1, 0.15) is 49.4 Å². The van der Waals surface area contributed by atoms with E-state index in [2.05, 4.69) is 175 Å². The van der Waals surface area contributed by atoms with Crippen LogP contribution >= 0.6 is 90.7 Å². The van der Waals surface area contributed by atoms with Crippen LogP contribution in [0.1, 0.15) is 195 Å². The van der Waals surface area contributed by atoms with Crippen molar-refractivity contribution in [2.75, 3.05) is 0 Å². The van der Waals surface area contributed by atoms with Crippen molar-refractivity contribution in [3.05, 3.63) is 204 Å². The van der Waals surface area contributed by atoms with Crippen LogP contribution in [0.4, 0.5) is 0 Å². The van der Waals surface area contributed by atoms with Crippen molar-refractivity contribution in [1.29, 1.82) is 0 Å². The van der Waals surface area contributed by atoms with Crippen molar-refractivity contribution in [3.8, 4) is 63.1 Å². The van der Waals surface area contributed by atoms with E-state index in [-0.39, 0.29) is 48.1 Å². The first-order valence-corrected chi connectivity index (χ1v) is 39.3. The van der Waals surface area contributed by atoms with Crippen LogP contribution in [0.25, 0.3) is 40.1 Å². The van der Waals surface area contributed by atoms with Crippen LogP contribution in [-0.4, -0.2) is 39.9 Å². The standard InChI is InChI=1S/C76H80N8O4S8/c1-41-33-89-65(77-41)69-81-57(37-93-69)29-85-61-45-17-47-23-54(74(8,9)10)25-49(62(47)86-30-58-38-94-70(82-58)66-78-42(2)34-90-66)19-51-27-56(76(14,15)16)28-52(64(51)88-32-60-40-96-72(84-60)68-80-44(4)36-92-68)20-50-26-55(75(11,12)13)24-48(18-46(61)22-53(21-45)73(5,6)7)63(50)87-31-59-39-95-71(83-59)67-79-43(3)35-91-67/h21-28,33-40H,17-20,29-32H2,1-16H3. The second kappa shape index (κ2) is 27.1. The Morgan fingerprint density at radius 3 is 0.583 bits per heavy atom. The van der Waals surface area contributed by atoms with Gasteiger partial charge in [-0.2, -0.15) is 0 Å². The number of thiazole rings is 8. The molecule has 1 aliphatic rings. The monoisotopic (exact) mass is 1420 g/mol. The van der Waals surface area contributed by atoms with E-state index in [0.717, 1.165) is 153 Å². The van der Waals surface area contributed by atoms with Crippen LogP contribution < -0.4 is 18.9 Å². The quantitative estimate of drug-likeness (QED) is 0.0909. The molecule has 0 spiro atoms. The molecular formula is C76H80N8O4S8. The number of fused-ring (bicyclic) bond motifs is 8. The van der Waals surface area contributed by atoms with Crippen LogP contribution in [0.2, 0.25) is 0 Å². The highest BCUT2D eigenvalue weighted by molar-refractivity contribution is 7.21. The van der Waals surface area contributed by atoms with Gasteiger partial charge >= 0.3 is 0 Å². The maximum atomic E-state index is 7.47. The molecule has 8 heterocycles. The van der Waals surface area contributed by atoms with Gasteiger partial charge in [-0.25, -0.2) is 39.9 Å². The molecule has 4 aromatic carbocycles. The largest absolute Gasteiger partial charge is 0.487 e. The van der Waals surface area contributed by atoms with E-state index in [9.17, 15) is 0 Å². The maximum Gasteiger partial charge on any atom is 0.152 e. The molecule has 0 saturated heterocycles. The van der Waals surface area contributed by atoms with Crippen LogP contribution in [0, 0.1) is 27.7 Å². The van der Waals surface area contributed by atoms with E-state index in [1.165, 1.54) is 22.3 Å². The zero-order chi connectivity index (χ0) is 67.6. The summed E-state index contributed by atoms with van der Waals surface area (Å²) in [5.41, 5.74) is 19.4. The van der Waals surface area contributed by atoms with Gasteiger partial charge in [0, 0.05) is 91.5 Å². The lowest BCUT2D eigenvalue weighted by Gasteiger charge is -2.29. The third-order valence-corrected chi connectivity index (χ3v) is 24.8. The lowest BCUT2D eigenvalue weighted by Crippen LogP contribution is -2.18. The first-order chi connectivity index (χ1) is 45.6. The average molecular weight is 1430 g/mol. The number of aromatic nitrogens is 8. The molecule has 96 heavy (non-hydrogen) atoms. The van der Waals surface area contributed by atoms with Gasteiger partial charge in [0.2, 0.25) is 0 Å². The minimum Gasteiger partial charge on any atom is -0.487 e. The first-order valence-electron chi connectivity index (χ1n) is 32.2. The molecule has 0 saturated carbocycles. The van der Waals surface area contributed by atoms with Crippen LogP contribution in [0.3, 0.4) is 0 Å². The maximum absolute atomic E-state index is 7.47. The Balaban J connectivity index is 1.05. The molecule has 0 atom stereocenters. The molecule has 1 aliphatic carbocycles. The van der Waals surface area contributed by atoms with Gasteiger partial charge in [-0.1, -0.05) is 132 Å². The molecule has 20 heteroatoms. The van der Waals surface area contributed by atoms with Crippen molar-refractivity contribution in [2.45, 2.75) is 185 Å². The summed E-state index contributed by atoms with van der Waals surface area (Å²) in [5, 5.41) is 23.9. The summed E-state index contributed by atoms with van der Waals surface area (Å²) in [6, 6.07) is 19.0. The number of hydrogen-bond donors (Lipinski definition) is 0. The lowest BCUT2D eigenvalue weighted by molar-refractivity contribution is 0.289. The van der Waals surface area contributed by atoms with Crippen molar-refractivity contribution < 1.29 is 18.9 Å². The summed E-state index contributed by atoms with van der Waals surface area (Å²) in [4.78, 5) is 39.9. The summed E-state index contributed by atoms with van der Waals surface area (Å²) < 4.78 is 29.9. The number of rotatable bonds is 16. The topological polar surface area (TPSA) is 140 Å². The summed E-state index contributed by atoms with van der Waals surface area (Å²) in [6.07, 6.45) is 1.96. The minimum atomic E-state index is -0.255. The molecule has 13 rings (SSSR count). The molecule has 0 amide bonds. The van der Waals surface area contributed by atoms with E-state index in [1.807, 2.05) is 27.7 Å². The van der Waals surface area contributed by atoms with Crippen molar-refractivity contribution in [3.63, 3.8) is 0 Å². The smallest absolute Gasteiger partial charge is 0.152 e. The van der Waals surface area contributed by atoms with Gasteiger partial charge in [-0.05, 0) is 116 Å². The zero-order valence-corrected chi connectivity index (χ0v) is 63.9. The molecule has 0 aliphatic heterocycles. The van der Waals surface area contributed by atoms with Crippen LogP contribution in [0.5, 0.6) is 23.0 Å². The molecule has 0 N–H and O–H groups in total. The Labute approximate surface area is 596 Å². The third-order valence-electron chi connectivity index (χ3n) is 16.8. The number of benzene rings is 4. The molecule has 0 fully saturated rings. The van der Waals surface area contributed by atoms with Gasteiger partial charge in [-0.15, -0.1) is 90.7 Å². The van der Waals surface area contributed by atoms with Crippen molar-refractivity contribution in [2.24, 2.45) is 0 Å². The van der Waals surface area contributed by atoms with E-state index in [0.29, 0.717) is 25.7 Å². The van der Waals surface area contributed by atoms with Crippen molar-refractivity contribution >= 4 is 90.7 Å². The average Bonchev–Trinajstić information content (AvgIpc) is 1.26. The lowest BCUT2D eigenvalue weighted by atomic mass is 9.79. The normalized spacial score (nSPS) is 13.0. The highest BCUT2D eigenvalue weighted by Gasteiger charge is 2.31. The SMILES string of the molecule is Cc1csc(-c2nc(COc3c4cc(C(C)(C)C)cc3Cc3cc(C(C)(C)C)cc(c3OCc3csc(-c5nc(C)cs5)n3)Cc3cc(C(C)(C)C)cc(c3OCc3csc(-c5nc(C)cs5)n3)Cc3cc(C(C)(C)C)cc(c3OCc3csc(-c5nc(C)cs5)n3)C4)cs2)n1. The predicted molar refractivity (Wildman–Crippen MR) is 401 cm³/mol. The second-order valence-corrected chi connectivity index (χ2v) is 36.0. The molecule has 12 nitrogen and oxygen atoms in total. The van der Waals surface area contributed by atoms with E-state index in [1.54, 1.807) is 90.7 Å². The highest BCUT2D eigenvalue weighted by atomic mass is 32.1. The molecule has 496 valence electrons. The van der Waals surface area contributed by atoms with Gasteiger partial charge in [0.25, 0.3) is 0 Å². The molecular weight excluding hydrogens is 1350 g/mol. The fourth-order valence-corrected chi connectivity index (χ4v) is 18.2. The summed E-state index contributed by atoms with van der Waals surface area (Å²) in [6.45, 7) is 36.7. The first kappa shape index (κ1) is 67.7. The number of nitrogens with zero attached hydrogens (tertiary/aromatic N) is 8. The van der Waals surface area contributed by atoms with E-state index >= 15 is 0 Å². The Morgan fingerprint density at radius 1 is 0.260 bits per heavy atom. The van der Waals surface area contributed by atoms with Crippen LogP contribution in [0.15, 0.2) is 91.6 Å². The van der Waals surface area contributed by atoms with Crippen molar-refractivity contribution in [1.82, 2.24) is 39.9 Å². The van der Waals surface area contributed by atoms with E-state index < -0.39 is 0 Å². The molecule has 8 aromatic heterocycles. The number of ether oxygens (including phenoxy) is 4. The Bertz CT molecular complexity index is 4120. The van der Waals surface area contributed by atoms with Gasteiger partial charge in [0.05, 0.1) is 22.8 Å². The Kier molecular flexibility index (Phi) is 19.1. The second-order valence-electron chi connectivity index (χ2n) is 29.1. The zero-order valence-electron chi connectivity index (χ0n) is 57.4. The van der Waals surface area contributed by atoms with E-state index in [4.69, 9.17) is 58.8 Å². The van der Waals surface area contributed by atoms with Gasteiger partial charge in [0.15, 0.2) is 40.1 Å². The van der Waals surface area contributed by atoms with Gasteiger partial charge < -0.3 is 18.9 Å². The summed E-state index contributed by atoms with van der Waals surface area (Å²) in [7, 11) is 0. The van der Waals surface area contributed by atoms with Crippen LogP contribution in [-0.2, 0) is 73.8 Å². The summed E-state index contributed by atoms with van der Waals surface area (Å²) >= 11 is 12.9. The fraction of sp³-hybridized carbons (Fsp3) is 0.368. The molecule has 12 aromatic rings. The summed E-state index contributed by atoms with van der Waals surface area (Å²) in [5.74, 6) is 3.25. The van der Waals surface area contributed by atoms with Gasteiger partial charge in [-0.3, -0.25) is 0 Å². The molecule has 0 unspecified atom stereocenters. The molecule has 8 bridgehead atoms. The Morgan fingerprint density at radius 2 is 0.427 bits per heavy atom. The molecule has 0 radical (unpaired) electrons. The highest BCUT2D eigenvalue weighted by Crippen LogP contribution is 2.46. The Hall–Kier alpha value is -6.88. The minimum absolute atomic E-state index is 0.249.